The number of phosphoric ester groups is 1. The Labute approximate surface area is 125 Å². The van der Waals surface area contributed by atoms with Gasteiger partial charge in [0.25, 0.3) is 0 Å². The van der Waals surface area contributed by atoms with Crippen molar-refractivity contribution in [3.8, 4) is 0 Å². The molecule has 0 saturated carbocycles. The Balaban J connectivity index is 4.89. The summed E-state index contributed by atoms with van der Waals surface area (Å²) in [7, 11) is -22.2. The highest BCUT2D eigenvalue weighted by atomic mass is 31.3. The van der Waals surface area contributed by atoms with E-state index in [1.165, 1.54) is 0 Å². The third-order valence-electron chi connectivity index (χ3n) is 1.28. The standard InChI is InChI=1S/C5H16O13P4/c1-5(2,3)4-15-20(9,10)17-22(13,14)18-21(11,12)16-19(6,7)8/h4H2,1-3H3,(H,9,10)(H,11,12)(H,13,14)(H2,6,7,8). The van der Waals surface area contributed by atoms with Gasteiger partial charge in [-0.3, -0.25) is 4.52 Å². The first-order chi connectivity index (χ1) is 9.33. The second-order valence-electron chi connectivity index (χ2n) is 4.98. The molecule has 134 valence electrons. The van der Waals surface area contributed by atoms with Crippen molar-refractivity contribution in [2.45, 2.75) is 20.8 Å². The molecule has 0 amide bonds. The van der Waals surface area contributed by atoms with Crippen LogP contribution in [0.25, 0.3) is 0 Å². The smallest absolute Gasteiger partial charge is 0.302 e. The Hall–Kier alpha value is 0.560. The maximum atomic E-state index is 11.4. The van der Waals surface area contributed by atoms with Gasteiger partial charge in [0, 0.05) is 0 Å². The molecule has 0 aliphatic carbocycles. The highest BCUT2D eigenvalue weighted by Crippen LogP contribution is 2.70. The van der Waals surface area contributed by atoms with Crippen molar-refractivity contribution in [1.82, 2.24) is 0 Å². The maximum Gasteiger partial charge on any atom is 0.490 e. The van der Waals surface area contributed by atoms with E-state index in [0.29, 0.717) is 0 Å². The van der Waals surface area contributed by atoms with Gasteiger partial charge in [-0.05, 0) is 5.41 Å². The predicted octanol–water partition coefficient (Wildman–Crippen LogP) is 1.49. The van der Waals surface area contributed by atoms with Gasteiger partial charge in [-0.25, -0.2) is 18.3 Å². The van der Waals surface area contributed by atoms with Crippen molar-refractivity contribution >= 4 is 31.3 Å². The molecule has 0 spiro atoms. The lowest BCUT2D eigenvalue weighted by Gasteiger charge is -2.22. The number of hydrogen-bond donors (Lipinski definition) is 5. The minimum Gasteiger partial charge on any atom is -0.302 e. The van der Waals surface area contributed by atoms with E-state index < -0.39 is 43.3 Å². The van der Waals surface area contributed by atoms with Crippen LogP contribution in [0.2, 0.25) is 0 Å². The summed E-state index contributed by atoms with van der Waals surface area (Å²) in [5.74, 6) is 0. The molecule has 0 heterocycles. The second kappa shape index (κ2) is 7.21. The van der Waals surface area contributed by atoms with Crippen molar-refractivity contribution in [2.24, 2.45) is 5.41 Å². The van der Waals surface area contributed by atoms with Crippen LogP contribution in [0, 0.1) is 5.41 Å². The topological polar surface area (TPSA) is 206 Å². The molecule has 3 atom stereocenters. The molecule has 0 aliphatic heterocycles. The zero-order chi connectivity index (χ0) is 18.0. The van der Waals surface area contributed by atoms with E-state index in [9.17, 15) is 23.2 Å². The highest BCUT2D eigenvalue weighted by molar-refractivity contribution is 7.69. The normalized spacial score (nSPS) is 21.6. The average molecular weight is 408 g/mol. The van der Waals surface area contributed by atoms with E-state index in [-0.39, 0.29) is 0 Å². The molecule has 0 saturated heterocycles. The SMILES string of the molecule is CC(C)(C)COP(=O)(O)OP(=O)(O)OP(=O)(O)OP(=O)(O)O. The molecule has 0 aromatic rings. The summed E-state index contributed by atoms with van der Waals surface area (Å²) in [5.41, 5.74) is -0.627. The lowest BCUT2D eigenvalue weighted by atomic mass is 9.99. The molecule has 0 aliphatic rings. The molecule has 17 heteroatoms. The molecule has 0 rings (SSSR count). The second-order valence-corrected chi connectivity index (χ2v) is 11.0. The van der Waals surface area contributed by atoms with E-state index >= 15 is 0 Å². The van der Waals surface area contributed by atoms with Crippen LogP contribution in [0.1, 0.15) is 20.8 Å². The van der Waals surface area contributed by atoms with Crippen LogP contribution in [-0.2, 0) is 35.7 Å². The number of rotatable bonds is 8. The van der Waals surface area contributed by atoms with Crippen LogP contribution >= 0.6 is 31.3 Å². The summed E-state index contributed by atoms with van der Waals surface area (Å²) < 4.78 is 58.8. The molecule has 3 unspecified atom stereocenters. The Kier molecular flexibility index (Phi) is 7.39. The van der Waals surface area contributed by atoms with Gasteiger partial charge in [0.05, 0.1) is 6.61 Å². The molecular weight excluding hydrogens is 392 g/mol. The van der Waals surface area contributed by atoms with E-state index in [0.717, 1.165) is 0 Å². The molecule has 13 nitrogen and oxygen atoms in total. The average Bonchev–Trinajstić information content (AvgIpc) is 2.04. The largest absolute Gasteiger partial charge is 0.490 e. The lowest BCUT2D eigenvalue weighted by Crippen LogP contribution is -2.14. The van der Waals surface area contributed by atoms with E-state index in [4.69, 9.17) is 19.6 Å². The summed E-state index contributed by atoms with van der Waals surface area (Å²) in [6.07, 6.45) is 0. The zero-order valence-electron chi connectivity index (χ0n) is 11.5. The fourth-order valence-corrected chi connectivity index (χ4v) is 5.40. The van der Waals surface area contributed by atoms with Gasteiger partial charge in [0.2, 0.25) is 0 Å². The summed E-state index contributed by atoms with van der Waals surface area (Å²) in [6, 6.07) is 0. The van der Waals surface area contributed by atoms with Gasteiger partial charge < -0.3 is 24.5 Å². The van der Waals surface area contributed by atoms with Crippen molar-refractivity contribution in [3.05, 3.63) is 0 Å². The van der Waals surface area contributed by atoms with Crippen LogP contribution in [0.4, 0.5) is 0 Å². The Morgan fingerprint density at radius 3 is 1.45 bits per heavy atom. The van der Waals surface area contributed by atoms with Gasteiger partial charge in [0.15, 0.2) is 0 Å². The van der Waals surface area contributed by atoms with Gasteiger partial charge in [0.1, 0.15) is 0 Å². The molecule has 0 aromatic heterocycles. The third-order valence-corrected chi connectivity index (χ3v) is 6.72. The van der Waals surface area contributed by atoms with Gasteiger partial charge in [-0.2, -0.15) is 12.9 Å². The van der Waals surface area contributed by atoms with E-state index in [2.05, 4.69) is 17.5 Å². The van der Waals surface area contributed by atoms with Crippen LogP contribution in [0.3, 0.4) is 0 Å². The maximum absolute atomic E-state index is 11.4. The third kappa shape index (κ3) is 12.0. The Morgan fingerprint density at radius 1 is 0.727 bits per heavy atom. The summed E-state index contributed by atoms with van der Waals surface area (Å²) in [4.78, 5) is 43.6. The molecule has 0 aromatic carbocycles. The number of phosphoric acid groups is 4. The Bertz CT molecular complexity index is 569. The lowest BCUT2D eigenvalue weighted by molar-refractivity contribution is 0.131. The first-order valence-electron chi connectivity index (χ1n) is 5.15. The molecule has 0 radical (unpaired) electrons. The molecule has 22 heavy (non-hydrogen) atoms. The fraction of sp³-hybridized carbons (Fsp3) is 1.00. The van der Waals surface area contributed by atoms with Crippen molar-refractivity contribution in [3.63, 3.8) is 0 Å². The van der Waals surface area contributed by atoms with Gasteiger partial charge >= 0.3 is 31.3 Å². The van der Waals surface area contributed by atoms with Crippen molar-refractivity contribution in [2.75, 3.05) is 6.61 Å². The summed E-state index contributed by atoms with van der Waals surface area (Å²) >= 11 is 0. The first kappa shape index (κ1) is 22.6. The highest BCUT2D eigenvalue weighted by Gasteiger charge is 2.45. The van der Waals surface area contributed by atoms with Crippen molar-refractivity contribution in [1.29, 1.82) is 0 Å². The van der Waals surface area contributed by atoms with Gasteiger partial charge in [-0.15, -0.1) is 0 Å². The van der Waals surface area contributed by atoms with Gasteiger partial charge in [-0.1, -0.05) is 20.8 Å². The molecular formula is C5H16O13P4. The quantitative estimate of drug-likeness (QED) is 0.361. The molecule has 0 bridgehead atoms. The van der Waals surface area contributed by atoms with E-state index in [1.54, 1.807) is 20.8 Å². The monoisotopic (exact) mass is 408 g/mol. The number of hydrogen-bond acceptors (Lipinski definition) is 8. The minimum absolute atomic E-state index is 0.392. The summed E-state index contributed by atoms with van der Waals surface area (Å²) in [5, 5.41) is 0. The Morgan fingerprint density at radius 2 is 1.09 bits per heavy atom. The predicted molar refractivity (Wildman–Crippen MR) is 70.2 cm³/mol. The summed E-state index contributed by atoms with van der Waals surface area (Å²) in [6.45, 7) is 4.39. The fourth-order valence-electron chi connectivity index (χ4n) is 0.724. The van der Waals surface area contributed by atoms with Crippen LogP contribution in [0.5, 0.6) is 0 Å². The van der Waals surface area contributed by atoms with Crippen LogP contribution in [0.15, 0.2) is 0 Å². The van der Waals surface area contributed by atoms with E-state index in [1.807, 2.05) is 0 Å². The minimum atomic E-state index is -5.76. The molecule has 0 fully saturated rings. The zero-order valence-corrected chi connectivity index (χ0v) is 15.1. The van der Waals surface area contributed by atoms with Crippen LogP contribution in [-0.4, -0.2) is 31.1 Å². The first-order valence-corrected chi connectivity index (χ1v) is 11.2. The van der Waals surface area contributed by atoms with Crippen LogP contribution < -0.4 is 0 Å². The molecule has 5 N–H and O–H groups in total. The van der Waals surface area contributed by atoms with Crippen molar-refractivity contribution < 1.29 is 60.2 Å².